The molecular formula is C14H28O. The van der Waals surface area contributed by atoms with Crippen LogP contribution in [0.4, 0.5) is 0 Å². The number of aliphatic hydroxyl groups excluding tert-OH is 1. The summed E-state index contributed by atoms with van der Waals surface area (Å²) in [6, 6.07) is 0. The van der Waals surface area contributed by atoms with Gasteiger partial charge in [-0.3, -0.25) is 0 Å². The van der Waals surface area contributed by atoms with E-state index in [4.69, 9.17) is 0 Å². The van der Waals surface area contributed by atoms with Crippen LogP contribution in [0.3, 0.4) is 0 Å². The Labute approximate surface area is 95.3 Å². The fourth-order valence-electron chi connectivity index (χ4n) is 2.55. The Morgan fingerprint density at radius 2 is 1.87 bits per heavy atom. The van der Waals surface area contributed by atoms with Crippen molar-refractivity contribution in [3.05, 3.63) is 0 Å². The summed E-state index contributed by atoms with van der Waals surface area (Å²) < 4.78 is 0. The summed E-state index contributed by atoms with van der Waals surface area (Å²) in [5, 5.41) is 9.89. The first-order valence-electron chi connectivity index (χ1n) is 6.55. The molecule has 0 aromatic heterocycles. The first-order valence-corrected chi connectivity index (χ1v) is 6.55. The molecule has 0 bridgehead atoms. The maximum absolute atomic E-state index is 9.89. The van der Waals surface area contributed by atoms with Crippen molar-refractivity contribution >= 4 is 0 Å². The molecule has 0 aromatic rings. The standard InChI is InChI=1S/C14H28O/c1-11(10-14(2,3)4)9-13(15)8-7-12-5-6-12/h11-13,15H,5-10H2,1-4H3. The van der Waals surface area contributed by atoms with Crippen LogP contribution in [0.25, 0.3) is 0 Å². The lowest BCUT2D eigenvalue weighted by atomic mass is 9.83. The molecule has 1 heteroatoms. The number of hydrogen-bond donors (Lipinski definition) is 1. The highest BCUT2D eigenvalue weighted by molar-refractivity contribution is 4.75. The lowest BCUT2D eigenvalue weighted by Crippen LogP contribution is -2.17. The van der Waals surface area contributed by atoms with E-state index in [-0.39, 0.29) is 6.10 Å². The third-order valence-corrected chi connectivity index (χ3v) is 3.24. The molecule has 1 aliphatic carbocycles. The second-order valence-electron chi connectivity index (χ2n) is 6.78. The highest BCUT2D eigenvalue weighted by Gasteiger charge is 2.23. The maximum Gasteiger partial charge on any atom is 0.0542 e. The van der Waals surface area contributed by atoms with Gasteiger partial charge in [0.25, 0.3) is 0 Å². The number of rotatable bonds is 6. The van der Waals surface area contributed by atoms with Gasteiger partial charge in [0, 0.05) is 0 Å². The summed E-state index contributed by atoms with van der Waals surface area (Å²) in [6.45, 7) is 9.10. The van der Waals surface area contributed by atoms with Crippen molar-refractivity contribution in [1.29, 1.82) is 0 Å². The largest absolute Gasteiger partial charge is 0.393 e. The minimum absolute atomic E-state index is 0.0528. The van der Waals surface area contributed by atoms with Crippen molar-refractivity contribution in [3.8, 4) is 0 Å². The van der Waals surface area contributed by atoms with E-state index in [9.17, 15) is 5.11 Å². The maximum atomic E-state index is 9.89. The van der Waals surface area contributed by atoms with Gasteiger partial charge in [-0.1, -0.05) is 40.5 Å². The van der Waals surface area contributed by atoms with Gasteiger partial charge in [-0.05, 0) is 42.9 Å². The topological polar surface area (TPSA) is 20.2 Å². The predicted molar refractivity (Wildman–Crippen MR) is 65.8 cm³/mol. The predicted octanol–water partition coefficient (Wildman–Crippen LogP) is 4.00. The molecule has 0 saturated heterocycles. The summed E-state index contributed by atoms with van der Waals surface area (Å²) in [4.78, 5) is 0. The Bertz CT molecular complexity index is 176. The van der Waals surface area contributed by atoms with Gasteiger partial charge in [-0.2, -0.15) is 0 Å². The Hall–Kier alpha value is -0.0400. The molecule has 1 nitrogen and oxygen atoms in total. The highest BCUT2D eigenvalue weighted by Crippen LogP contribution is 2.35. The molecule has 0 heterocycles. The molecule has 1 saturated carbocycles. The molecule has 0 aliphatic heterocycles. The van der Waals surface area contributed by atoms with Crippen molar-refractivity contribution in [3.63, 3.8) is 0 Å². The molecule has 1 fully saturated rings. The van der Waals surface area contributed by atoms with E-state index in [0.717, 1.165) is 18.8 Å². The fraction of sp³-hybridized carbons (Fsp3) is 1.00. The average molecular weight is 212 g/mol. The molecule has 0 radical (unpaired) electrons. The monoisotopic (exact) mass is 212 g/mol. The molecule has 90 valence electrons. The molecule has 1 aliphatic rings. The van der Waals surface area contributed by atoms with Crippen molar-refractivity contribution in [2.24, 2.45) is 17.3 Å². The van der Waals surface area contributed by atoms with E-state index in [1.807, 2.05) is 0 Å². The van der Waals surface area contributed by atoms with Crippen LogP contribution in [-0.2, 0) is 0 Å². The summed E-state index contributed by atoms with van der Waals surface area (Å²) in [7, 11) is 0. The lowest BCUT2D eigenvalue weighted by Gasteiger charge is -2.24. The first kappa shape index (κ1) is 13.0. The lowest BCUT2D eigenvalue weighted by molar-refractivity contribution is 0.120. The molecule has 0 amide bonds. The highest BCUT2D eigenvalue weighted by atomic mass is 16.3. The Kier molecular flexibility index (Phi) is 4.64. The molecule has 2 atom stereocenters. The molecule has 0 aromatic carbocycles. The second kappa shape index (κ2) is 5.34. The van der Waals surface area contributed by atoms with Gasteiger partial charge in [-0.25, -0.2) is 0 Å². The van der Waals surface area contributed by atoms with Crippen molar-refractivity contribution < 1.29 is 5.11 Å². The summed E-state index contributed by atoms with van der Waals surface area (Å²) in [6.07, 6.45) is 7.25. The minimum Gasteiger partial charge on any atom is -0.393 e. The van der Waals surface area contributed by atoms with E-state index in [0.29, 0.717) is 11.3 Å². The Balaban J connectivity index is 2.09. The van der Waals surface area contributed by atoms with Crippen LogP contribution in [0.2, 0.25) is 0 Å². The smallest absolute Gasteiger partial charge is 0.0542 e. The number of hydrogen-bond acceptors (Lipinski definition) is 1. The fourth-order valence-corrected chi connectivity index (χ4v) is 2.55. The van der Waals surface area contributed by atoms with E-state index < -0.39 is 0 Å². The SMILES string of the molecule is CC(CC(O)CCC1CC1)CC(C)(C)C. The van der Waals surface area contributed by atoms with Gasteiger partial charge in [0.05, 0.1) is 6.10 Å². The molecule has 1 N–H and O–H groups in total. The van der Waals surface area contributed by atoms with Crippen LogP contribution in [-0.4, -0.2) is 11.2 Å². The first-order chi connectivity index (χ1) is 6.87. The van der Waals surface area contributed by atoms with Crippen molar-refractivity contribution in [2.45, 2.75) is 72.3 Å². The molecule has 2 unspecified atom stereocenters. The van der Waals surface area contributed by atoms with Gasteiger partial charge in [-0.15, -0.1) is 0 Å². The molecule has 15 heavy (non-hydrogen) atoms. The zero-order chi connectivity index (χ0) is 11.5. The molecule has 1 rings (SSSR count). The van der Waals surface area contributed by atoms with Crippen LogP contribution < -0.4 is 0 Å². The van der Waals surface area contributed by atoms with E-state index >= 15 is 0 Å². The van der Waals surface area contributed by atoms with Crippen LogP contribution >= 0.6 is 0 Å². The summed E-state index contributed by atoms with van der Waals surface area (Å²) >= 11 is 0. The van der Waals surface area contributed by atoms with Crippen LogP contribution in [0.1, 0.15) is 66.2 Å². The Morgan fingerprint density at radius 3 is 2.33 bits per heavy atom. The van der Waals surface area contributed by atoms with Gasteiger partial charge in [0.2, 0.25) is 0 Å². The third-order valence-electron chi connectivity index (χ3n) is 3.24. The van der Waals surface area contributed by atoms with Gasteiger partial charge >= 0.3 is 0 Å². The summed E-state index contributed by atoms with van der Waals surface area (Å²) in [5.74, 6) is 1.61. The van der Waals surface area contributed by atoms with E-state index in [1.54, 1.807) is 0 Å². The normalized spacial score (nSPS) is 21.4. The molecular weight excluding hydrogens is 184 g/mol. The van der Waals surface area contributed by atoms with Crippen molar-refractivity contribution in [2.75, 3.05) is 0 Å². The zero-order valence-electron chi connectivity index (χ0n) is 10.9. The summed E-state index contributed by atoms with van der Waals surface area (Å²) in [5.41, 5.74) is 0.398. The quantitative estimate of drug-likeness (QED) is 0.705. The van der Waals surface area contributed by atoms with Crippen LogP contribution in [0, 0.1) is 17.3 Å². The Morgan fingerprint density at radius 1 is 1.27 bits per heavy atom. The molecule has 0 spiro atoms. The van der Waals surface area contributed by atoms with E-state index in [1.165, 1.54) is 25.7 Å². The second-order valence-corrected chi connectivity index (χ2v) is 6.78. The van der Waals surface area contributed by atoms with Gasteiger partial charge in [0.1, 0.15) is 0 Å². The van der Waals surface area contributed by atoms with Crippen molar-refractivity contribution in [1.82, 2.24) is 0 Å². The number of aliphatic hydroxyl groups is 1. The third kappa shape index (κ3) is 6.94. The van der Waals surface area contributed by atoms with Gasteiger partial charge < -0.3 is 5.11 Å². The van der Waals surface area contributed by atoms with Gasteiger partial charge in [0.15, 0.2) is 0 Å². The van der Waals surface area contributed by atoms with E-state index in [2.05, 4.69) is 27.7 Å². The minimum atomic E-state index is -0.0528. The van der Waals surface area contributed by atoms with Crippen LogP contribution in [0.5, 0.6) is 0 Å². The zero-order valence-corrected chi connectivity index (χ0v) is 10.9. The van der Waals surface area contributed by atoms with Crippen LogP contribution in [0.15, 0.2) is 0 Å². The average Bonchev–Trinajstić information content (AvgIpc) is 2.79.